The second kappa shape index (κ2) is 13.2. The van der Waals surface area contributed by atoms with Crippen molar-refractivity contribution >= 4 is 5.97 Å². The Balaban J connectivity index is 1.22. The SMILES string of the molecule is CCCCCc1cnc(-c2ccc(OC(=O)C3CCC(C4CCC(CCC)CC4)CC3)cc2)nc1. The molecule has 0 spiro atoms. The van der Waals surface area contributed by atoms with Crippen LogP contribution in [0.25, 0.3) is 11.4 Å². The molecular formula is C31H44N2O2. The van der Waals surface area contributed by atoms with Crippen molar-refractivity contribution in [1.29, 1.82) is 0 Å². The van der Waals surface area contributed by atoms with E-state index in [0.717, 1.165) is 42.6 Å². The van der Waals surface area contributed by atoms with Crippen LogP contribution in [0.5, 0.6) is 5.75 Å². The van der Waals surface area contributed by atoms with Crippen LogP contribution in [0.4, 0.5) is 0 Å². The molecule has 1 aromatic heterocycles. The van der Waals surface area contributed by atoms with Gasteiger partial charge in [-0.15, -0.1) is 0 Å². The lowest BCUT2D eigenvalue weighted by Crippen LogP contribution is -2.30. The lowest BCUT2D eigenvalue weighted by atomic mass is 9.69. The third kappa shape index (κ3) is 7.38. The van der Waals surface area contributed by atoms with Crippen LogP contribution in [0.3, 0.4) is 0 Å². The fourth-order valence-electron chi connectivity index (χ4n) is 6.27. The minimum Gasteiger partial charge on any atom is -0.426 e. The number of carbonyl (C=O) groups excluding carboxylic acids is 1. The molecule has 0 N–H and O–H groups in total. The molecule has 0 radical (unpaired) electrons. The number of hydrogen-bond donors (Lipinski definition) is 0. The average molecular weight is 477 g/mol. The molecule has 2 aromatic rings. The van der Waals surface area contributed by atoms with Crippen LogP contribution in [-0.2, 0) is 11.2 Å². The van der Waals surface area contributed by atoms with Crippen molar-refractivity contribution in [3.63, 3.8) is 0 Å². The number of aryl methyl sites for hydroxylation is 1. The fourth-order valence-corrected chi connectivity index (χ4v) is 6.27. The largest absolute Gasteiger partial charge is 0.426 e. The highest BCUT2D eigenvalue weighted by Crippen LogP contribution is 2.42. The first-order valence-corrected chi connectivity index (χ1v) is 14.3. The molecule has 2 saturated carbocycles. The van der Waals surface area contributed by atoms with Gasteiger partial charge in [0, 0.05) is 18.0 Å². The molecular weight excluding hydrogens is 432 g/mol. The number of benzene rings is 1. The molecule has 0 bridgehead atoms. The Kier molecular flexibility index (Phi) is 9.74. The Morgan fingerprint density at radius 3 is 2.06 bits per heavy atom. The van der Waals surface area contributed by atoms with Crippen LogP contribution >= 0.6 is 0 Å². The zero-order chi connectivity index (χ0) is 24.5. The predicted octanol–water partition coefficient (Wildman–Crippen LogP) is 8.19. The number of rotatable bonds is 10. The van der Waals surface area contributed by atoms with Gasteiger partial charge in [-0.05, 0) is 98.9 Å². The van der Waals surface area contributed by atoms with Gasteiger partial charge in [0.15, 0.2) is 5.82 Å². The van der Waals surface area contributed by atoms with Gasteiger partial charge in [0.1, 0.15) is 5.75 Å². The van der Waals surface area contributed by atoms with Crippen molar-refractivity contribution in [2.45, 2.75) is 104 Å². The van der Waals surface area contributed by atoms with E-state index in [2.05, 4.69) is 23.8 Å². The van der Waals surface area contributed by atoms with Gasteiger partial charge in [-0.2, -0.15) is 0 Å². The predicted molar refractivity (Wildman–Crippen MR) is 142 cm³/mol. The van der Waals surface area contributed by atoms with E-state index in [4.69, 9.17) is 4.74 Å². The molecule has 2 aliphatic rings. The molecule has 4 rings (SSSR count). The maximum Gasteiger partial charge on any atom is 0.314 e. The summed E-state index contributed by atoms with van der Waals surface area (Å²) in [5.41, 5.74) is 2.13. The van der Waals surface area contributed by atoms with Crippen LogP contribution in [0.15, 0.2) is 36.7 Å². The van der Waals surface area contributed by atoms with Crippen LogP contribution in [0.1, 0.15) is 103 Å². The highest BCUT2D eigenvalue weighted by atomic mass is 16.5. The van der Waals surface area contributed by atoms with Gasteiger partial charge < -0.3 is 4.74 Å². The summed E-state index contributed by atoms with van der Waals surface area (Å²) in [6.45, 7) is 4.52. The molecule has 0 atom stereocenters. The second-order valence-electron chi connectivity index (χ2n) is 11.0. The van der Waals surface area contributed by atoms with Gasteiger partial charge in [0.05, 0.1) is 5.92 Å². The standard InChI is InChI=1S/C31H44N2O2/c1-3-5-6-8-24-21-32-30(33-22-24)27-17-19-29(20-18-27)35-31(34)28-15-13-26(14-16-28)25-11-9-23(7-4-2)10-12-25/h17-23,25-26,28H,3-16H2,1-2H3. The molecule has 190 valence electrons. The van der Waals surface area contributed by atoms with Crippen molar-refractivity contribution in [2.75, 3.05) is 0 Å². The maximum atomic E-state index is 12.8. The number of carbonyl (C=O) groups is 1. The van der Waals surface area contributed by atoms with Gasteiger partial charge in [0.25, 0.3) is 0 Å². The normalized spacial score (nSPS) is 24.7. The smallest absolute Gasteiger partial charge is 0.314 e. The van der Waals surface area contributed by atoms with Crippen LogP contribution in [0, 0.1) is 23.7 Å². The summed E-state index contributed by atoms with van der Waals surface area (Å²) in [5.74, 6) is 3.99. The summed E-state index contributed by atoms with van der Waals surface area (Å²) in [7, 11) is 0. The van der Waals surface area contributed by atoms with E-state index in [-0.39, 0.29) is 11.9 Å². The molecule has 4 heteroatoms. The molecule has 1 aromatic carbocycles. The number of esters is 1. The molecule has 0 aliphatic heterocycles. The van der Waals surface area contributed by atoms with Crippen molar-refractivity contribution in [3.05, 3.63) is 42.2 Å². The molecule has 0 saturated heterocycles. The van der Waals surface area contributed by atoms with Crippen LogP contribution < -0.4 is 4.74 Å². The summed E-state index contributed by atoms with van der Waals surface area (Å²) < 4.78 is 5.76. The van der Waals surface area contributed by atoms with E-state index >= 15 is 0 Å². The maximum absolute atomic E-state index is 12.8. The van der Waals surface area contributed by atoms with E-state index in [0.29, 0.717) is 11.6 Å². The molecule has 1 heterocycles. The molecule has 0 amide bonds. The summed E-state index contributed by atoms with van der Waals surface area (Å²) in [6, 6.07) is 7.62. The van der Waals surface area contributed by atoms with E-state index in [1.807, 2.05) is 36.7 Å². The number of hydrogen-bond acceptors (Lipinski definition) is 4. The highest BCUT2D eigenvalue weighted by Gasteiger charge is 2.33. The quantitative estimate of drug-likeness (QED) is 0.197. The van der Waals surface area contributed by atoms with E-state index in [1.54, 1.807) is 0 Å². The van der Waals surface area contributed by atoms with Crippen molar-refractivity contribution in [2.24, 2.45) is 23.7 Å². The van der Waals surface area contributed by atoms with Crippen molar-refractivity contribution in [3.8, 4) is 17.1 Å². The Hall–Kier alpha value is -2.23. The summed E-state index contributed by atoms with van der Waals surface area (Å²) in [4.78, 5) is 21.9. The third-order valence-corrected chi connectivity index (χ3v) is 8.47. The zero-order valence-electron chi connectivity index (χ0n) is 21.9. The van der Waals surface area contributed by atoms with E-state index in [9.17, 15) is 4.79 Å². The topological polar surface area (TPSA) is 52.1 Å². The molecule has 0 unspecified atom stereocenters. The lowest BCUT2D eigenvalue weighted by Gasteiger charge is -2.37. The monoisotopic (exact) mass is 476 g/mol. The number of ether oxygens (including phenoxy) is 1. The minimum atomic E-state index is -0.0597. The van der Waals surface area contributed by atoms with Gasteiger partial charge in [-0.3, -0.25) is 4.79 Å². The van der Waals surface area contributed by atoms with Crippen LogP contribution in [0.2, 0.25) is 0 Å². The minimum absolute atomic E-state index is 0.0472. The third-order valence-electron chi connectivity index (χ3n) is 8.47. The summed E-state index contributed by atoms with van der Waals surface area (Å²) in [5, 5.41) is 0. The first-order chi connectivity index (χ1) is 17.2. The highest BCUT2D eigenvalue weighted by molar-refractivity contribution is 5.75. The number of aromatic nitrogens is 2. The fraction of sp³-hybridized carbons (Fsp3) is 0.645. The molecule has 2 fully saturated rings. The average Bonchev–Trinajstić information content (AvgIpc) is 2.90. The number of nitrogens with zero attached hydrogens (tertiary/aromatic N) is 2. The van der Waals surface area contributed by atoms with Gasteiger partial charge in [-0.1, -0.05) is 52.4 Å². The summed E-state index contributed by atoms with van der Waals surface area (Å²) >= 11 is 0. The van der Waals surface area contributed by atoms with Gasteiger partial charge in [0.2, 0.25) is 0 Å². The van der Waals surface area contributed by atoms with Gasteiger partial charge >= 0.3 is 5.97 Å². The molecule has 4 nitrogen and oxygen atoms in total. The van der Waals surface area contributed by atoms with Crippen molar-refractivity contribution in [1.82, 2.24) is 9.97 Å². The van der Waals surface area contributed by atoms with E-state index < -0.39 is 0 Å². The first kappa shape index (κ1) is 25.9. The molecule has 2 aliphatic carbocycles. The Morgan fingerprint density at radius 2 is 1.46 bits per heavy atom. The summed E-state index contributed by atoms with van der Waals surface area (Å²) in [6.07, 6.45) is 21.3. The Labute approximate surface area is 212 Å². The Morgan fingerprint density at radius 1 is 0.829 bits per heavy atom. The lowest BCUT2D eigenvalue weighted by molar-refractivity contribution is -0.140. The Bertz CT molecular complexity index is 893. The van der Waals surface area contributed by atoms with Gasteiger partial charge in [-0.25, -0.2) is 9.97 Å². The first-order valence-electron chi connectivity index (χ1n) is 14.3. The molecule has 35 heavy (non-hydrogen) atoms. The number of unbranched alkanes of at least 4 members (excludes halogenated alkanes) is 2. The van der Waals surface area contributed by atoms with Crippen LogP contribution in [-0.4, -0.2) is 15.9 Å². The zero-order valence-corrected chi connectivity index (χ0v) is 21.9. The van der Waals surface area contributed by atoms with Crippen molar-refractivity contribution < 1.29 is 9.53 Å². The second-order valence-corrected chi connectivity index (χ2v) is 11.0. The van der Waals surface area contributed by atoms with E-state index in [1.165, 1.54) is 76.2 Å².